The Hall–Kier alpha value is -2.89. The SMILES string of the molecule is CCCCCc1ccc2c(c1)CCc1cc(-c3ccc(OC(F)(F)F)c(F)c3)c(F)cc1-2. The van der Waals surface area contributed by atoms with Crippen molar-refractivity contribution in [2.45, 2.75) is 51.8 Å². The van der Waals surface area contributed by atoms with Gasteiger partial charge in [0.05, 0.1) is 0 Å². The topological polar surface area (TPSA) is 9.23 Å². The van der Waals surface area contributed by atoms with Gasteiger partial charge in [0.2, 0.25) is 0 Å². The van der Waals surface area contributed by atoms with Crippen molar-refractivity contribution in [1.29, 1.82) is 0 Å². The fraction of sp³-hybridized carbons (Fsp3) is 0.308. The normalized spacial score (nSPS) is 12.9. The molecule has 0 spiro atoms. The smallest absolute Gasteiger partial charge is 0.403 e. The van der Waals surface area contributed by atoms with Gasteiger partial charge in [-0.1, -0.05) is 44.0 Å². The van der Waals surface area contributed by atoms with Gasteiger partial charge in [-0.3, -0.25) is 0 Å². The van der Waals surface area contributed by atoms with Gasteiger partial charge in [0, 0.05) is 5.56 Å². The van der Waals surface area contributed by atoms with Crippen LogP contribution in [0, 0.1) is 11.6 Å². The lowest BCUT2D eigenvalue weighted by Crippen LogP contribution is -2.17. The molecule has 0 heterocycles. The Bertz CT molecular complexity index is 1130. The number of hydrogen-bond donors (Lipinski definition) is 0. The Labute approximate surface area is 183 Å². The van der Waals surface area contributed by atoms with Crippen LogP contribution in [0.4, 0.5) is 22.0 Å². The quantitative estimate of drug-likeness (QED) is 0.275. The van der Waals surface area contributed by atoms with Crippen molar-refractivity contribution < 1.29 is 26.7 Å². The van der Waals surface area contributed by atoms with Crippen LogP contribution >= 0.6 is 0 Å². The van der Waals surface area contributed by atoms with Crippen LogP contribution in [-0.4, -0.2) is 6.36 Å². The summed E-state index contributed by atoms with van der Waals surface area (Å²) < 4.78 is 69.9. The summed E-state index contributed by atoms with van der Waals surface area (Å²) in [6, 6.07) is 12.4. The molecule has 168 valence electrons. The maximum Gasteiger partial charge on any atom is 0.573 e. The molecule has 6 heteroatoms. The van der Waals surface area contributed by atoms with Crippen molar-refractivity contribution in [2.75, 3.05) is 0 Å². The zero-order valence-electron chi connectivity index (χ0n) is 17.7. The van der Waals surface area contributed by atoms with Crippen LogP contribution in [0.25, 0.3) is 22.3 Å². The molecule has 0 radical (unpaired) electrons. The van der Waals surface area contributed by atoms with Gasteiger partial charge in [-0.25, -0.2) is 8.78 Å². The van der Waals surface area contributed by atoms with E-state index in [0.717, 1.165) is 48.1 Å². The molecule has 0 amide bonds. The van der Waals surface area contributed by atoms with Crippen LogP contribution in [0.5, 0.6) is 5.75 Å². The zero-order chi connectivity index (χ0) is 22.9. The minimum absolute atomic E-state index is 0.154. The highest BCUT2D eigenvalue weighted by atomic mass is 19.4. The Kier molecular flexibility index (Phi) is 6.22. The zero-order valence-corrected chi connectivity index (χ0v) is 17.7. The van der Waals surface area contributed by atoms with Gasteiger partial charge in [0.15, 0.2) is 11.6 Å². The van der Waals surface area contributed by atoms with Gasteiger partial charge in [0.1, 0.15) is 5.82 Å². The van der Waals surface area contributed by atoms with Gasteiger partial charge in [-0.2, -0.15) is 0 Å². The maximum absolute atomic E-state index is 15.0. The fourth-order valence-electron chi connectivity index (χ4n) is 4.29. The first-order chi connectivity index (χ1) is 15.2. The third-order valence-electron chi connectivity index (χ3n) is 5.85. The molecule has 0 fully saturated rings. The van der Waals surface area contributed by atoms with Gasteiger partial charge in [0.25, 0.3) is 0 Å². The highest BCUT2D eigenvalue weighted by molar-refractivity contribution is 5.78. The summed E-state index contributed by atoms with van der Waals surface area (Å²) in [5.74, 6) is -2.69. The lowest BCUT2D eigenvalue weighted by atomic mass is 9.83. The standard InChI is InChI=1S/C26H23F5O/c1-2-3-4-5-16-6-10-20-17(12-16)7-8-18-13-22(23(27)15-21(18)20)19-9-11-25(24(28)14-19)32-26(29,30)31/h6,9-15H,2-5,7-8H2,1H3. The van der Waals surface area contributed by atoms with E-state index in [-0.39, 0.29) is 11.1 Å². The average molecular weight is 446 g/mol. The summed E-state index contributed by atoms with van der Waals surface area (Å²) >= 11 is 0. The number of aryl methyl sites for hydroxylation is 3. The van der Waals surface area contributed by atoms with Gasteiger partial charge >= 0.3 is 6.36 Å². The van der Waals surface area contributed by atoms with Crippen molar-refractivity contribution >= 4 is 0 Å². The van der Waals surface area contributed by atoms with Gasteiger partial charge in [-0.15, -0.1) is 13.2 Å². The van der Waals surface area contributed by atoms with Crippen molar-refractivity contribution in [3.05, 3.63) is 76.9 Å². The Morgan fingerprint density at radius 3 is 2.22 bits per heavy atom. The Morgan fingerprint density at radius 2 is 1.53 bits per heavy atom. The predicted octanol–water partition coefficient (Wildman–Crippen LogP) is 8.03. The molecule has 4 rings (SSSR count). The molecule has 1 nitrogen and oxygen atoms in total. The highest BCUT2D eigenvalue weighted by Gasteiger charge is 2.32. The van der Waals surface area contributed by atoms with Gasteiger partial charge < -0.3 is 4.74 Å². The second kappa shape index (κ2) is 8.93. The third-order valence-corrected chi connectivity index (χ3v) is 5.85. The molecule has 0 aromatic heterocycles. The summed E-state index contributed by atoms with van der Waals surface area (Å²) in [4.78, 5) is 0. The molecule has 0 bridgehead atoms. The largest absolute Gasteiger partial charge is 0.573 e. The molecular weight excluding hydrogens is 423 g/mol. The van der Waals surface area contributed by atoms with Crippen LogP contribution in [-0.2, 0) is 19.3 Å². The number of fused-ring (bicyclic) bond motifs is 3. The Morgan fingerprint density at radius 1 is 0.781 bits per heavy atom. The van der Waals surface area contributed by atoms with E-state index in [4.69, 9.17) is 0 Å². The number of unbranched alkanes of at least 4 members (excludes halogenated alkanes) is 2. The molecule has 0 atom stereocenters. The number of alkyl halides is 3. The Balaban J connectivity index is 1.64. The average Bonchev–Trinajstić information content (AvgIpc) is 2.74. The summed E-state index contributed by atoms with van der Waals surface area (Å²) in [6.45, 7) is 2.17. The molecule has 0 unspecified atom stereocenters. The molecule has 32 heavy (non-hydrogen) atoms. The molecule has 0 saturated heterocycles. The summed E-state index contributed by atoms with van der Waals surface area (Å²) in [6.07, 6.45) is 1.07. The van der Waals surface area contributed by atoms with E-state index in [9.17, 15) is 17.6 Å². The summed E-state index contributed by atoms with van der Waals surface area (Å²) in [5.41, 5.74) is 5.53. The minimum Gasteiger partial charge on any atom is -0.403 e. The van der Waals surface area contributed by atoms with E-state index in [1.807, 2.05) is 6.07 Å². The van der Waals surface area contributed by atoms with E-state index >= 15 is 4.39 Å². The molecular formula is C26H23F5O. The first-order valence-corrected chi connectivity index (χ1v) is 10.8. The molecule has 0 aliphatic heterocycles. The van der Waals surface area contributed by atoms with Crippen LogP contribution in [0.15, 0.2) is 48.5 Å². The highest BCUT2D eigenvalue weighted by Crippen LogP contribution is 2.39. The molecule has 1 aliphatic rings. The van der Waals surface area contributed by atoms with E-state index in [0.29, 0.717) is 6.42 Å². The third kappa shape index (κ3) is 4.79. The molecule has 3 aromatic rings. The molecule has 1 aliphatic carbocycles. The molecule has 0 N–H and O–H groups in total. The number of ether oxygens (including phenoxy) is 1. The lowest BCUT2D eigenvalue weighted by Gasteiger charge is -2.22. The monoisotopic (exact) mass is 446 g/mol. The van der Waals surface area contributed by atoms with Crippen LogP contribution < -0.4 is 4.74 Å². The van der Waals surface area contributed by atoms with Gasteiger partial charge in [-0.05, 0) is 83.3 Å². The van der Waals surface area contributed by atoms with E-state index in [2.05, 4.69) is 23.8 Å². The number of halogens is 5. The minimum atomic E-state index is -5.00. The van der Waals surface area contributed by atoms with E-state index < -0.39 is 23.7 Å². The maximum atomic E-state index is 15.0. The number of hydrogen-bond acceptors (Lipinski definition) is 1. The number of benzene rings is 3. The van der Waals surface area contributed by atoms with Crippen molar-refractivity contribution in [3.8, 4) is 28.0 Å². The van der Waals surface area contributed by atoms with Crippen LogP contribution in [0.3, 0.4) is 0 Å². The van der Waals surface area contributed by atoms with Crippen LogP contribution in [0.1, 0.15) is 42.9 Å². The van der Waals surface area contributed by atoms with Crippen molar-refractivity contribution in [3.63, 3.8) is 0 Å². The second-order valence-corrected chi connectivity index (χ2v) is 8.13. The van der Waals surface area contributed by atoms with Crippen LogP contribution in [0.2, 0.25) is 0 Å². The second-order valence-electron chi connectivity index (χ2n) is 8.13. The first-order valence-electron chi connectivity index (χ1n) is 10.8. The van der Waals surface area contributed by atoms with E-state index in [1.54, 1.807) is 6.07 Å². The summed E-state index contributed by atoms with van der Waals surface area (Å²) in [7, 11) is 0. The molecule has 0 saturated carbocycles. The summed E-state index contributed by atoms with van der Waals surface area (Å²) in [5, 5.41) is 0. The van der Waals surface area contributed by atoms with E-state index in [1.165, 1.54) is 36.1 Å². The molecule has 3 aromatic carbocycles. The first kappa shape index (κ1) is 22.3. The van der Waals surface area contributed by atoms with Crippen molar-refractivity contribution in [2.24, 2.45) is 0 Å². The fourth-order valence-corrected chi connectivity index (χ4v) is 4.29. The van der Waals surface area contributed by atoms with Crippen molar-refractivity contribution in [1.82, 2.24) is 0 Å². The number of rotatable bonds is 6. The lowest BCUT2D eigenvalue weighted by molar-refractivity contribution is -0.275. The predicted molar refractivity (Wildman–Crippen MR) is 115 cm³/mol.